The molecule has 0 saturated heterocycles. The standard InChI is InChI=1S/C25H22N2O3/c1-15(2)18-9-5-6-10-21(18)26-23(28)17-12-13-19-20(14-17)25(30)27(24(19)29)22-11-7-4-8-16(22)3/h4-15H,1-3H3,(H,26,28). The zero-order chi connectivity index (χ0) is 21.4. The molecule has 0 atom stereocenters. The summed E-state index contributed by atoms with van der Waals surface area (Å²) in [6.07, 6.45) is 0. The van der Waals surface area contributed by atoms with Gasteiger partial charge in [-0.25, -0.2) is 4.90 Å². The van der Waals surface area contributed by atoms with E-state index in [1.165, 1.54) is 11.0 Å². The van der Waals surface area contributed by atoms with Crippen LogP contribution in [-0.2, 0) is 0 Å². The lowest BCUT2D eigenvalue weighted by molar-refractivity contribution is 0.0925. The first-order chi connectivity index (χ1) is 14.4. The topological polar surface area (TPSA) is 66.5 Å². The monoisotopic (exact) mass is 398 g/mol. The Morgan fingerprint density at radius 2 is 1.53 bits per heavy atom. The summed E-state index contributed by atoms with van der Waals surface area (Å²) >= 11 is 0. The highest BCUT2D eigenvalue weighted by atomic mass is 16.2. The predicted octanol–water partition coefficient (Wildman–Crippen LogP) is 5.17. The summed E-state index contributed by atoms with van der Waals surface area (Å²) in [5, 5.41) is 2.93. The Kier molecular flexibility index (Phi) is 4.96. The molecule has 0 unspecified atom stereocenters. The van der Waals surface area contributed by atoms with Gasteiger partial charge in [-0.2, -0.15) is 0 Å². The molecule has 1 aliphatic rings. The Labute approximate surface area is 175 Å². The van der Waals surface area contributed by atoms with Crippen molar-refractivity contribution in [3.05, 3.63) is 94.5 Å². The van der Waals surface area contributed by atoms with Gasteiger partial charge in [-0.3, -0.25) is 14.4 Å². The molecule has 1 N–H and O–H groups in total. The number of imide groups is 1. The average Bonchev–Trinajstić information content (AvgIpc) is 2.98. The van der Waals surface area contributed by atoms with Crippen molar-refractivity contribution in [2.45, 2.75) is 26.7 Å². The highest BCUT2D eigenvalue weighted by Crippen LogP contribution is 2.31. The van der Waals surface area contributed by atoms with E-state index in [9.17, 15) is 14.4 Å². The molecule has 3 aromatic carbocycles. The van der Waals surface area contributed by atoms with Gasteiger partial charge in [0.1, 0.15) is 0 Å². The van der Waals surface area contributed by atoms with Crippen molar-refractivity contribution in [2.75, 3.05) is 10.2 Å². The van der Waals surface area contributed by atoms with Gasteiger partial charge in [0.15, 0.2) is 0 Å². The van der Waals surface area contributed by atoms with E-state index in [0.29, 0.717) is 16.8 Å². The van der Waals surface area contributed by atoms with E-state index in [1.807, 2.05) is 43.3 Å². The first kappa shape index (κ1) is 19.6. The summed E-state index contributed by atoms with van der Waals surface area (Å²) in [5.74, 6) is -0.855. The Balaban J connectivity index is 1.65. The number of aryl methyl sites for hydroxylation is 1. The zero-order valence-electron chi connectivity index (χ0n) is 17.1. The highest BCUT2D eigenvalue weighted by molar-refractivity contribution is 6.35. The third-order valence-electron chi connectivity index (χ3n) is 5.34. The van der Waals surface area contributed by atoms with Crippen LogP contribution >= 0.6 is 0 Å². The van der Waals surface area contributed by atoms with Crippen molar-refractivity contribution in [1.82, 2.24) is 0 Å². The third kappa shape index (κ3) is 3.28. The molecule has 3 aromatic rings. The summed E-state index contributed by atoms with van der Waals surface area (Å²) in [7, 11) is 0. The average molecular weight is 398 g/mol. The van der Waals surface area contributed by atoms with Crippen LogP contribution < -0.4 is 10.2 Å². The summed E-state index contributed by atoms with van der Waals surface area (Å²) < 4.78 is 0. The van der Waals surface area contributed by atoms with Gasteiger partial charge in [-0.1, -0.05) is 50.2 Å². The fourth-order valence-electron chi connectivity index (χ4n) is 3.72. The molecule has 1 aliphatic heterocycles. The molecule has 0 aliphatic carbocycles. The Hall–Kier alpha value is -3.73. The summed E-state index contributed by atoms with van der Waals surface area (Å²) in [5.41, 5.74) is 4.04. The molecule has 150 valence electrons. The van der Waals surface area contributed by atoms with Crippen molar-refractivity contribution in [1.29, 1.82) is 0 Å². The van der Waals surface area contributed by atoms with Crippen LogP contribution in [0.2, 0.25) is 0 Å². The second-order valence-electron chi connectivity index (χ2n) is 7.69. The predicted molar refractivity (Wildman–Crippen MR) is 117 cm³/mol. The van der Waals surface area contributed by atoms with E-state index < -0.39 is 5.91 Å². The molecule has 0 saturated carbocycles. The van der Waals surface area contributed by atoms with E-state index in [0.717, 1.165) is 16.8 Å². The SMILES string of the molecule is Cc1ccccc1N1C(=O)c2ccc(C(=O)Nc3ccccc3C(C)C)cc2C1=O. The normalized spacial score (nSPS) is 13.0. The minimum absolute atomic E-state index is 0.244. The summed E-state index contributed by atoms with van der Waals surface area (Å²) in [6, 6.07) is 19.5. The van der Waals surface area contributed by atoms with Crippen LogP contribution in [0.3, 0.4) is 0 Å². The molecule has 0 radical (unpaired) electrons. The van der Waals surface area contributed by atoms with E-state index in [4.69, 9.17) is 0 Å². The molecule has 0 bridgehead atoms. The number of anilines is 2. The second-order valence-corrected chi connectivity index (χ2v) is 7.69. The number of benzene rings is 3. The van der Waals surface area contributed by atoms with Gasteiger partial charge in [-0.05, 0) is 54.3 Å². The fraction of sp³-hybridized carbons (Fsp3) is 0.160. The van der Waals surface area contributed by atoms with E-state index in [1.54, 1.807) is 24.3 Å². The number of amides is 3. The molecule has 4 rings (SSSR count). The fourth-order valence-corrected chi connectivity index (χ4v) is 3.72. The zero-order valence-corrected chi connectivity index (χ0v) is 17.1. The molecular weight excluding hydrogens is 376 g/mol. The lowest BCUT2D eigenvalue weighted by Crippen LogP contribution is -2.29. The Morgan fingerprint density at radius 3 is 2.27 bits per heavy atom. The van der Waals surface area contributed by atoms with Crippen LogP contribution in [-0.4, -0.2) is 17.7 Å². The van der Waals surface area contributed by atoms with Crippen molar-refractivity contribution in [3.63, 3.8) is 0 Å². The summed E-state index contributed by atoms with van der Waals surface area (Å²) in [4.78, 5) is 39.9. The number of para-hydroxylation sites is 2. The number of hydrogen-bond donors (Lipinski definition) is 1. The van der Waals surface area contributed by atoms with Crippen molar-refractivity contribution >= 4 is 29.1 Å². The quantitative estimate of drug-likeness (QED) is 0.617. The van der Waals surface area contributed by atoms with Gasteiger partial charge >= 0.3 is 0 Å². The van der Waals surface area contributed by atoms with E-state index in [-0.39, 0.29) is 23.3 Å². The Morgan fingerprint density at radius 1 is 0.867 bits per heavy atom. The second kappa shape index (κ2) is 7.59. The van der Waals surface area contributed by atoms with Crippen LogP contribution in [0.4, 0.5) is 11.4 Å². The number of nitrogens with one attached hydrogen (secondary N) is 1. The molecule has 0 spiro atoms. The number of rotatable bonds is 4. The number of nitrogens with zero attached hydrogens (tertiary/aromatic N) is 1. The van der Waals surface area contributed by atoms with Gasteiger partial charge in [0.2, 0.25) is 0 Å². The van der Waals surface area contributed by atoms with Gasteiger partial charge in [-0.15, -0.1) is 0 Å². The maximum absolute atomic E-state index is 13.0. The van der Waals surface area contributed by atoms with E-state index >= 15 is 0 Å². The van der Waals surface area contributed by atoms with Crippen molar-refractivity contribution < 1.29 is 14.4 Å². The van der Waals surface area contributed by atoms with Crippen molar-refractivity contribution in [2.24, 2.45) is 0 Å². The van der Waals surface area contributed by atoms with Crippen LogP contribution in [0.5, 0.6) is 0 Å². The lowest BCUT2D eigenvalue weighted by Gasteiger charge is -2.16. The third-order valence-corrected chi connectivity index (χ3v) is 5.34. The minimum atomic E-state index is -0.415. The largest absolute Gasteiger partial charge is 0.322 e. The molecule has 3 amide bonds. The number of carbonyl (C=O) groups excluding carboxylic acids is 3. The number of fused-ring (bicyclic) bond motifs is 1. The van der Waals surface area contributed by atoms with E-state index in [2.05, 4.69) is 19.2 Å². The van der Waals surface area contributed by atoms with Crippen LogP contribution in [0.15, 0.2) is 66.7 Å². The van der Waals surface area contributed by atoms with Gasteiger partial charge in [0.25, 0.3) is 17.7 Å². The maximum atomic E-state index is 13.0. The minimum Gasteiger partial charge on any atom is -0.322 e. The van der Waals surface area contributed by atoms with Gasteiger partial charge in [0.05, 0.1) is 16.8 Å². The summed E-state index contributed by atoms with van der Waals surface area (Å²) in [6.45, 7) is 5.97. The molecule has 30 heavy (non-hydrogen) atoms. The lowest BCUT2D eigenvalue weighted by atomic mass is 10.0. The molecular formula is C25H22N2O3. The van der Waals surface area contributed by atoms with Gasteiger partial charge in [0, 0.05) is 11.3 Å². The first-order valence-corrected chi connectivity index (χ1v) is 9.87. The van der Waals surface area contributed by atoms with Crippen molar-refractivity contribution in [3.8, 4) is 0 Å². The Bertz CT molecular complexity index is 1180. The smallest absolute Gasteiger partial charge is 0.266 e. The van der Waals surface area contributed by atoms with Crippen LogP contribution in [0.25, 0.3) is 0 Å². The first-order valence-electron chi connectivity index (χ1n) is 9.87. The molecule has 0 aromatic heterocycles. The molecule has 5 nitrogen and oxygen atoms in total. The number of hydrogen-bond acceptors (Lipinski definition) is 3. The molecule has 0 fully saturated rings. The molecule has 5 heteroatoms. The highest BCUT2D eigenvalue weighted by Gasteiger charge is 2.37. The molecule has 1 heterocycles. The maximum Gasteiger partial charge on any atom is 0.266 e. The number of carbonyl (C=O) groups is 3. The van der Waals surface area contributed by atoms with Crippen LogP contribution in [0, 0.1) is 6.92 Å². The van der Waals surface area contributed by atoms with Gasteiger partial charge < -0.3 is 5.32 Å². The van der Waals surface area contributed by atoms with Crippen LogP contribution in [0.1, 0.15) is 62.0 Å².